The van der Waals surface area contributed by atoms with Gasteiger partial charge in [0, 0.05) is 16.2 Å². The van der Waals surface area contributed by atoms with E-state index in [1.54, 1.807) is 25.1 Å². The van der Waals surface area contributed by atoms with E-state index in [1.165, 1.54) is 12.1 Å². The maximum absolute atomic E-state index is 13.1. The van der Waals surface area contributed by atoms with Crippen LogP contribution in [0.15, 0.2) is 46.9 Å². The second kappa shape index (κ2) is 6.52. The lowest BCUT2D eigenvalue weighted by molar-refractivity contribution is -0.118. The number of amides is 1. The summed E-state index contributed by atoms with van der Waals surface area (Å²) in [5.41, 5.74) is 1.45. The SMILES string of the molecule is Cc1ccc(F)cc1OCC(=O)Nc1cccc(Br)c1. The molecule has 0 unspecified atom stereocenters. The molecule has 1 N–H and O–H groups in total. The number of carbonyl (C=O) groups is 1. The standard InChI is InChI=1S/C15H13BrFNO2/c1-10-5-6-12(17)8-14(10)20-9-15(19)18-13-4-2-3-11(16)7-13/h2-8H,9H2,1H3,(H,18,19). The van der Waals surface area contributed by atoms with Crippen LogP contribution < -0.4 is 10.1 Å². The number of rotatable bonds is 4. The fourth-order valence-corrected chi connectivity index (χ4v) is 2.04. The number of ether oxygens (including phenoxy) is 1. The molecule has 0 fully saturated rings. The van der Waals surface area contributed by atoms with Crippen molar-refractivity contribution in [1.82, 2.24) is 0 Å². The van der Waals surface area contributed by atoms with E-state index in [0.29, 0.717) is 11.4 Å². The zero-order chi connectivity index (χ0) is 14.5. The molecule has 0 aromatic heterocycles. The summed E-state index contributed by atoms with van der Waals surface area (Å²) in [5, 5.41) is 2.70. The molecule has 5 heteroatoms. The van der Waals surface area contributed by atoms with E-state index in [-0.39, 0.29) is 12.5 Å². The minimum absolute atomic E-state index is 0.170. The van der Waals surface area contributed by atoms with Crippen molar-refractivity contribution in [2.75, 3.05) is 11.9 Å². The Kier molecular flexibility index (Phi) is 4.74. The van der Waals surface area contributed by atoms with Crippen LogP contribution in [0.2, 0.25) is 0 Å². The lowest BCUT2D eigenvalue weighted by Crippen LogP contribution is -2.20. The molecule has 3 nitrogen and oxygen atoms in total. The summed E-state index contributed by atoms with van der Waals surface area (Å²) in [6.45, 7) is 1.62. The van der Waals surface area contributed by atoms with Crippen molar-refractivity contribution in [3.05, 3.63) is 58.3 Å². The van der Waals surface area contributed by atoms with Crippen molar-refractivity contribution in [3.63, 3.8) is 0 Å². The largest absolute Gasteiger partial charge is 0.483 e. The number of hydrogen-bond acceptors (Lipinski definition) is 2. The molecule has 2 rings (SSSR count). The van der Waals surface area contributed by atoms with Gasteiger partial charge >= 0.3 is 0 Å². The van der Waals surface area contributed by atoms with Crippen molar-refractivity contribution >= 4 is 27.5 Å². The Morgan fingerprint density at radius 3 is 2.85 bits per heavy atom. The summed E-state index contributed by atoms with van der Waals surface area (Å²) in [4.78, 5) is 11.7. The summed E-state index contributed by atoms with van der Waals surface area (Å²) in [6.07, 6.45) is 0. The van der Waals surface area contributed by atoms with Gasteiger partial charge in [0.2, 0.25) is 0 Å². The van der Waals surface area contributed by atoms with Gasteiger partial charge in [-0.2, -0.15) is 0 Å². The van der Waals surface area contributed by atoms with E-state index in [1.807, 2.05) is 12.1 Å². The first-order valence-corrected chi connectivity index (χ1v) is 6.78. The Morgan fingerprint density at radius 2 is 2.10 bits per heavy atom. The van der Waals surface area contributed by atoms with Crippen LogP contribution >= 0.6 is 15.9 Å². The molecular formula is C15H13BrFNO2. The number of halogens is 2. The van der Waals surface area contributed by atoms with Gasteiger partial charge in [-0.1, -0.05) is 28.1 Å². The monoisotopic (exact) mass is 337 g/mol. The quantitative estimate of drug-likeness (QED) is 0.918. The molecule has 0 aliphatic carbocycles. The van der Waals surface area contributed by atoms with Crippen molar-refractivity contribution in [3.8, 4) is 5.75 Å². The summed E-state index contributed by atoms with van der Waals surface area (Å²) in [5.74, 6) is -0.320. The molecule has 20 heavy (non-hydrogen) atoms. The van der Waals surface area contributed by atoms with Crippen molar-refractivity contribution < 1.29 is 13.9 Å². The van der Waals surface area contributed by atoms with Crippen LogP contribution in [-0.2, 0) is 4.79 Å². The number of anilines is 1. The molecule has 0 aliphatic heterocycles. The third kappa shape index (κ3) is 4.06. The zero-order valence-corrected chi connectivity index (χ0v) is 12.4. The van der Waals surface area contributed by atoms with E-state index in [2.05, 4.69) is 21.2 Å². The lowest BCUT2D eigenvalue weighted by Gasteiger charge is -2.09. The van der Waals surface area contributed by atoms with Gasteiger partial charge in [-0.3, -0.25) is 4.79 Å². The average Bonchev–Trinajstić information content (AvgIpc) is 2.40. The van der Waals surface area contributed by atoms with Crippen molar-refractivity contribution in [2.24, 2.45) is 0 Å². The third-order valence-electron chi connectivity index (χ3n) is 2.62. The summed E-state index contributed by atoms with van der Waals surface area (Å²) >= 11 is 3.32. The van der Waals surface area contributed by atoms with Crippen LogP contribution in [0.3, 0.4) is 0 Å². The predicted octanol–water partition coefficient (Wildman–Crippen LogP) is 3.91. The molecule has 0 saturated carbocycles. The van der Waals surface area contributed by atoms with Crippen molar-refractivity contribution in [2.45, 2.75) is 6.92 Å². The van der Waals surface area contributed by atoms with Gasteiger partial charge in [0.1, 0.15) is 11.6 Å². The fourth-order valence-electron chi connectivity index (χ4n) is 1.64. The fraction of sp³-hybridized carbons (Fsp3) is 0.133. The second-order valence-electron chi connectivity index (χ2n) is 4.26. The highest BCUT2D eigenvalue weighted by Gasteiger charge is 2.06. The Morgan fingerprint density at radius 1 is 1.30 bits per heavy atom. The molecule has 0 spiro atoms. The maximum atomic E-state index is 13.1. The maximum Gasteiger partial charge on any atom is 0.262 e. The van der Waals surface area contributed by atoms with Crippen LogP contribution in [0.1, 0.15) is 5.56 Å². The van der Waals surface area contributed by atoms with Crippen LogP contribution in [0.25, 0.3) is 0 Å². The molecule has 0 heterocycles. The van der Waals surface area contributed by atoms with E-state index in [0.717, 1.165) is 10.0 Å². The highest BCUT2D eigenvalue weighted by Crippen LogP contribution is 2.19. The Bertz CT molecular complexity index is 631. The van der Waals surface area contributed by atoms with Gasteiger partial charge in [0.15, 0.2) is 6.61 Å². The predicted molar refractivity (Wildman–Crippen MR) is 79.4 cm³/mol. The second-order valence-corrected chi connectivity index (χ2v) is 5.17. The molecule has 1 amide bonds. The van der Waals surface area contributed by atoms with E-state index >= 15 is 0 Å². The zero-order valence-electron chi connectivity index (χ0n) is 10.8. The number of aryl methyl sites for hydroxylation is 1. The molecule has 0 saturated heterocycles. The van der Waals surface area contributed by atoms with Crippen LogP contribution in [0, 0.1) is 12.7 Å². The van der Waals surface area contributed by atoms with Crippen LogP contribution in [0.4, 0.5) is 10.1 Å². The van der Waals surface area contributed by atoms with Gasteiger partial charge in [-0.05, 0) is 36.8 Å². The van der Waals surface area contributed by atoms with Gasteiger partial charge in [0.05, 0.1) is 0 Å². The van der Waals surface area contributed by atoms with Crippen LogP contribution in [-0.4, -0.2) is 12.5 Å². The molecular weight excluding hydrogens is 325 g/mol. The highest BCUT2D eigenvalue weighted by atomic mass is 79.9. The molecule has 0 radical (unpaired) electrons. The number of benzene rings is 2. The Hall–Kier alpha value is -1.88. The van der Waals surface area contributed by atoms with E-state index in [9.17, 15) is 9.18 Å². The third-order valence-corrected chi connectivity index (χ3v) is 3.11. The number of nitrogens with one attached hydrogen (secondary N) is 1. The summed E-state index contributed by atoms with van der Waals surface area (Å²) < 4.78 is 19.3. The van der Waals surface area contributed by atoms with Gasteiger partial charge in [-0.15, -0.1) is 0 Å². The van der Waals surface area contributed by atoms with Gasteiger partial charge in [0.25, 0.3) is 5.91 Å². The van der Waals surface area contributed by atoms with Crippen LogP contribution in [0.5, 0.6) is 5.75 Å². The first-order chi connectivity index (χ1) is 9.54. The Labute approximate surface area is 124 Å². The van der Waals surface area contributed by atoms with Gasteiger partial charge in [-0.25, -0.2) is 4.39 Å². The molecule has 2 aromatic carbocycles. The minimum atomic E-state index is -0.391. The molecule has 0 atom stereocenters. The molecule has 2 aromatic rings. The molecule has 0 bridgehead atoms. The average molecular weight is 338 g/mol. The first-order valence-electron chi connectivity index (χ1n) is 5.99. The summed E-state index contributed by atoms with van der Waals surface area (Å²) in [7, 11) is 0. The number of carbonyl (C=O) groups excluding carboxylic acids is 1. The molecule has 104 valence electrons. The first kappa shape index (κ1) is 14.5. The normalized spacial score (nSPS) is 10.2. The smallest absolute Gasteiger partial charge is 0.262 e. The minimum Gasteiger partial charge on any atom is -0.483 e. The topological polar surface area (TPSA) is 38.3 Å². The lowest BCUT2D eigenvalue weighted by atomic mass is 10.2. The van der Waals surface area contributed by atoms with E-state index < -0.39 is 5.82 Å². The summed E-state index contributed by atoms with van der Waals surface area (Å²) in [6, 6.07) is 11.5. The highest BCUT2D eigenvalue weighted by molar-refractivity contribution is 9.10. The molecule has 0 aliphatic rings. The number of hydrogen-bond donors (Lipinski definition) is 1. The van der Waals surface area contributed by atoms with Crippen molar-refractivity contribution in [1.29, 1.82) is 0 Å². The van der Waals surface area contributed by atoms with E-state index in [4.69, 9.17) is 4.74 Å². The Balaban J connectivity index is 1.94. The van der Waals surface area contributed by atoms with Gasteiger partial charge < -0.3 is 10.1 Å².